The number of aliphatic hydroxyl groups is 1. The second-order valence-corrected chi connectivity index (χ2v) is 4.48. The summed E-state index contributed by atoms with van der Waals surface area (Å²) in [7, 11) is 0. The maximum absolute atomic E-state index is 9.52. The van der Waals surface area contributed by atoms with Crippen LogP contribution in [0.1, 0.15) is 40.5 Å². The molecule has 0 aromatic rings. The third-order valence-corrected chi connectivity index (χ3v) is 2.18. The summed E-state index contributed by atoms with van der Waals surface area (Å²) < 4.78 is 0. The monoisotopic (exact) mass is 218 g/mol. The molecule has 1 heteroatoms. The summed E-state index contributed by atoms with van der Waals surface area (Å²) in [5, 5.41) is 9.52. The lowest BCUT2D eigenvalue weighted by Gasteiger charge is -2.08. The molecule has 1 N–H and O–H groups in total. The molecular formula is C15H22O. The van der Waals surface area contributed by atoms with Gasteiger partial charge in [-0.25, -0.2) is 0 Å². The highest BCUT2D eigenvalue weighted by atomic mass is 16.3. The van der Waals surface area contributed by atoms with Crippen molar-refractivity contribution in [2.75, 3.05) is 0 Å². The summed E-state index contributed by atoms with van der Waals surface area (Å²) in [4.78, 5) is 0. The minimum atomic E-state index is -1.14. The van der Waals surface area contributed by atoms with E-state index in [1.165, 1.54) is 11.1 Å². The third-order valence-electron chi connectivity index (χ3n) is 2.18. The molecule has 0 aliphatic carbocycles. The van der Waals surface area contributed by atoms with Crippen molar-refractivity contribution in [2.45, 2.75) is 46.1 Å². The van der Waals surface area contributed by atoms with Crippen molar-refractivity contribution in [2.24, 2.45) is 0 Å². The first-order valence-corrected chi connectivity index (χ1v) is 5.56. The standard InChI is InChI=1S/C15H22O/c1-6-15(5,16)12-8-11-14(4)10-7-9-13(2)3/h1,8-9,11-12,16H,7,10H2,2-5H3/b12-8+,14-11+. The Balaban J connectivity index is 4.16. The first-order chi connectivity index (χ1) is 7.37. The van der Waals surface area contributed by atoms with Gasteiger partial charge in [0.1, 0.15) is 5.60 Å². The van der Waals surface area contributed by atoms with Crippen LogP contribution in [0.15, 0.2) is 35.5 Å². The zero-order valence-corrected chi connectivity index (χ0v) is 10.7. The molecule has 0 aromatic heterocycles. The van der Waals surface area contributed by atoms with Crippen molar-refractivity contribution in [3.05, 3.63) is 35.5 Å². The summed E-state index contributed by atoms with van der Waals surface area (Å²) in [5.41, 5.74) is 1.48. The van der Waals surface area contributed by atoms with Crippen LogP contribution in [0.2, 0.25) is 0 Å². The molecule has 0 rings (SSSR count). The Bertz CT molecular complexity index is 331. The Morgan fingerprint density at radius 2 is 2.00 bits per heavy atom. The SMILES string of the molecule is C#CC(C)(O)/C=C/C=C(\C)CCC=C(C)C. The third kappa shape index (κ3) is 8.08. The molecule has 88 valence electrons. The van der Waals surface area contributed by atoms with Crippen molar-refractivity contribution in [3.63, 3.8) is 0 Å². The van der Waals surface area contributed by atoms with Crippen LogP contribution < -0.4 is 0 Å². The van der Waals surface area contributed by atoms with Gasteiger partial charge in [0, 0.05) is 0 Å². The molecule has 1 atom stereocenters. The number of terminal acetylenes is 1. The van der Waals surface area contributed by atoms with Crippen LogP contribution >= 0.6 is 0 Å². The molecule has 1 nitrogen and oxygen atoms in total. The highest BCUT2D eigenvalue weighted by molar-refractivity contribution is 5.21. The van der Waals surface area contributed by atoms with E-state index in [9.17, 15) is 5.11 Å². The largest absolute Gasteiger partial charge is 0.374 e. The zero-order valence-electron chi connectivity index (χ0n) is 10.7. The molecule has 0 aliphatic heterocycles. The second kappa shape index (κ2) is 7.09. The molecule has 0 fully saturated rings. The van der Waals surface area contributed by atoms with E-state index in [0.717, 1.165) is 12.8 Å². The van der Waals surface area contributed by atoms with Crippen LogP contribution in [-0.2, 0) is 0 Å². The number of allylic oxidation sites excluding steroid dienone is 5. The van der Waals surface area contributed by atoms with Gasteiger partial charge in [0.25, 0.3) is 0 Å². The first kappa shape index (κ1) is 14.7. The number of hydrogen-bond acceptors (Lipinski definition) is 1. The van der Waals surface area contributed by atoms with Gasteiger partial charge in [-0.05, 0) is 46.6 Å². The Morgan fingerprint density at radius 3 is 2.50 bits per heavy atom. The number of rotatable bonds is 5. The second-order valence-electron chi connectivity index (χ2n) is 4.48. The first-order valence-electron chi connectivity index (χ1n) is 5.56. The van der Waals surface area contributed by atoms with Crippen molar-refractivity contribution in [1.29, 1.82) is 0 Å². The lowest BCUT2D eigenvalue weighted by Crippen LogP contribution is -2.16. The van der Waals surface area contributed by atoms with Crippen molar-refractivity contribution in [3.8, 4) is 12.3 Å². The summed E-state index contributed by atoms with van der Waals surface area (Å²) in [5.74, 6) is 2.30. The fraction of sp³-hybridized carbons (Fsp3) is 0.467. The van der Waals surface area contributed by atoms with Gasteiger partial charge in [0.2, 0.25) is 0 Å². The molecule has 0 aromatic carbocycles. The summed E-state index contributed by atoms with van der Waals surface area (Å²) >= 11 is 0. The summed E-state index contributed by atoms with van der Waals surface area (Å²) in [6.07, 6.45) is 14.9. The smallest absolute Gasteiger partial charge is 0.141 e. The van der Waals surface area contributed by atoms with E-state index in [1.54, 1.807) is 13.0 Å². The number of hydrogen-bond donors (Lipinski definition) is 1. The minimum absolute atomic E-state index is 1.04. The van der Waals surface area contributed by atoms with Crippen molar-refractivity contribution < 1.29 is 5.11 Å². The molecule has 16 heavy (non-hydrogen) atoms. The lowest BCUT2D eigenvalue weighted by molar-refractivity contribution is 0.174. The van der Waals surface area contributed by atoms with Gasteiger partial charge in [-0.1, -0.05) is 35.3 Å². The molecule has 0 saturated heterocycles. The molecule has 0 amide bonds. The summed E-state index contributed by atoms with van der Waals surface area (Å²) in [6, 6.07) is 0. The van der Waals surface area contributed by atoms with Gasteiger partial charge in [-0.15, -0.1) is 6.42 Å². The van der Waals surface area contributed by atoms with E-state index in [0.29, 0.717) is 0 Å². The van der Waals surface area contributed by atoms with Gasteiger partial charge in [0.05, 0.1) is 0 Å². The van der Waals surface area contributed by atoms with Gasteiger partial charge in [0.15, 0.2) is 0 Å². The molecule has 0 aliphatic rings. The van der Waals surface area contributed by atoms with Crippen LogP contribution in [0.5, 0.6) is 0 Å². The van der Waals surface area contributed by atoms with Gasteiger partial charge in [-0.2, -0.15) is 0 Å². The normalized spacial score (nSPS) is 15.6. The maximum atomic E-state index is 9.52. The molecule has 1 unspecified atom stereocenters. The molecular weight excluding hydrogens is 196 g/mol. The zero-order chi connectivity index (χ0) is 12.6. The predicted molar refractivity (Wildman–Crippen MR) is 71.0 cm³/mol. The fourth-order valence-corrected chi connectivity index (χ4v) is 1.12. The molecule has 0 bridgehead atoms. The van der Waals surface area contributed by atoms with Gasteiger partial charge < -0.3 is 5.11 Å². The van der Waals surface area contributed by atoms with E-state index in [1.807, 2.05) is 12.2 Å². The van der Waals surface area contributed by atoms with E-state index in [4.69, 9.17) is 6.42 Å². The van der Waals surface area contributed by atoms with Crippen LogP contribution in [0, 0.1) is 12.3 Å². The Morgan fingerprint density at radius 1 is 1.38 bits per heavy atom. The van der Waals surface area contributed by atoms with Crippen LogP contribution in [0.4, 0.5) is 0 Å². The highest BCUT2D eigenvalue weighted by Crippen LogP contribution is 2.08. The molecule has 0 heterocycles. The summed E-state index contributed by atoms with van der Waals surface area (Å²) in [6.45, 7) is 7.87. The average molecular weight is 218 g/mol. The molecule has 0 spiro atoms. The Hall–Kier alpha value is -1.26. The fourth-order valence-electron chi connectivity index (χ4n) is 1.12. The topological polar surface area (TPSA) is 20.2 Å². The highest BCUT2D eigenvalue weighted by Gasteiger charge is 2.09. The van der Waals surface area contributed by atoms with E-state index in [-0.39, 0.29) is 0 Å². The molecule has 0 saturated carbocycles. The Labute approximate surface area is 99.6 Å². The van der Waals surface area contributed by atoms with E-state index < -0.39 is 5.60 Å². The van der Waals surface area contributed by atoms with Crippen molar-refractivity contribution in [1.82, 2.24) is 0 Å². The molecule has 0 radical (unpaired) electrons. The quantitative estimate of drug-likeness (QED) is 0.424. The predicted octanol–water partition coefficient (Wildman–Crippen LogP) is 3.62. The van der Waals surface area contributed by atoms with E-state index in [2.05, 4.69) is 32.8 Å². The van der Waals surface area contributed by atoms with Crippen LogP contribution in [0.25, 0.3) is 0 Å². The average Bonchev–Trinajstić information content (AvgIpc) is 2.17. The van der Waals surface area contributed by atoms with Crippen molar-refractivity contribution >= 4 is 0 Å². The van der Waals surface area contributed by atoms with Crippen LogP contribution in [-0.4, -0.2) is 10.7 Å². The maximum Gasteiger partial charge on any atom is 0.141 e. The van der Waals surface area contributed by atoms with Crippen LogP contribution in [0.3, 0.4) is 0 Å². The van der Waals surface area contributed by atoms with E-state index >= 15 is 0 Å². The van der Waals surface area contributed by atoms with Gasteiger partial charge >= 0.3 is 0 Å². The Kier molecular flexibility index (Phi) is 6.53. The lowest BCUT2D eigenvalue weighted by atomic mass is 10.1. The minimum Gasteiger partial charge on any atom is -0.374 e. The van der Waals surface area contributed by atoms with Gasteiger partial charge in [-0.3, -0.25) is 0 Å².